The summed E-state index contributed by atoms with van der Waals surface area (Å²) in [6.45, 7) is 2.69. The Morgan fingerprint density at radius 1 is 1.20 bits per heavy atom. The summed E-state index contributed by atoms with van der Waals surface area (Å²) in [5, 5.41) is 11.6. The number of ether oxygens (including phenoxy) is 2. The minimum Gasteiger partial charge on any atom is -0.490 e. The number of anilines is 1. The Balaban J connectivity index is 1.58. The third-order valence-corrected chi connectivity index (χ3v) is 6.42. The molecule has 2 aromatic carbocycles. The fourth-order valence-electron chi connectivity index (χ4n) is 2.75. The minimum absolute atomic E-state index is 0.0399. The summed E-state index contributed by atoms with van der Waals surface area (Å²) in [5.41, 5.74) is 1.50. The first-order valence-corrected chi connectivity index (χ1v) is 13.3. The van der Waals surface area contributed by atoms with Crippen molar-refractivity contribution >= 4 is 50.1 Å². The zero-order valence-corrected chi connectivity index (χ0v) is 21.2. The zero-order chi connectivity index (χ0) is 25.4. The van der Waals surface area contributed by atoms with E-state index in [2.05, 4.69) is 21.6 Å². The van der Waals surface area contributed by atoms with Gasteiger partial charge in [0.05, 0.1) is 5.02 Å². The van der Waals surface area contributed by atoms with Gasteiger partial charge in [-0.15, -0.1) is 0 Å². The summed E-state index contributed by atoms with van der Waals surface area (Å²) in [6, 6.07) is 14.5. The monoisotopic (exact) mass is 532 g/mol. The van der Waals surface area contributed by atoms with Crippen molar-refractivity contribution in [3.05, 3.63) is 64.2 Å². The Morgan fingerprint density at radius 2 is 1.91 bits per heavy atom. The smallest absolute Gasteiger partial charge is 0.268 e. The van der Waals surface area contributed by atoms with Crippen molar-refractivity contribution in [2.45, 2.75) is 18.5 Å². The topological polar surface area (TPSA) is 131 Å². The lowest BCUT2D eigenvalue weighted by Crippen LogP contribution is -2.13. The number of carbonyl (C=O) groups is 1. The fraction of sp³-hybridized carbons (Fsp3) is 0.217. The first kappa shape index (κ1) is 26.2. The molecule has 12 heteroatoms. The summed E-state index contributed by atoms with van der Waals surface area (Å²) in [4.78, 5) is 16.1. The van der Waals surface area contributed by atoms with Crippen LogP contribution in [0.1, 0.15) is 18.1 Å². The van der Waals surface area contributed by atoms with Crippen LogP contribution in [0.2, 0.25) is 5.02 Å². The van der Waals surface area contributed by atoms with Crippen LogP contribution in [-0.2, 0) is 21.1 Å². The van der Waals surface area contributed by atoms with E-state index in [1.807, 2.05) is 24.3 Å². The molecule has 1 N–H and O–H groups in total. The molecule has 1 amide bonds. The van der Waals surface area contributed by atoms with Crippen molar-refractivity contribution in [2.75, 3.05) is 24.8 Å². The number of rotatable bonds is 10. The molecule has 0 saturated carbocycles. The molecule has 0 radical (unpaired) electrons. The van der Waals surface area contributed by atoms with Crippen molar-refractivity contribution in [3.8, 4) is 17.6 Å². The van der Waals surface area contributed by atoms with Crippen LogP contribution in [0.15, 0.2) is 53.2 Å². The second-order valence-electron chi connectivity index (χ2n) is 7.16. The number of amides is 1. The molecule has 9 nitrogen and oxygen atoms in total. The number of aromatic nitrogens is 2. The molecule has 0 spiro atoms. The number of halogens is 1. The van der Waals surface area contributed by atoms with E-state index in [0.29, 0.717) is 34.5 Å². The van der Waals surface area contributed by atoms with Gasteiger partial charge in [-0.1, -0.05) is 36.7 Å². The highest BCUT2D eigenvalue weighted by Crippen LogP contribution is 2.27. The Bertz CT molecular complexity index is 1380. The maximum Gasteiger partial charge on any atom is 0.268 e. The van der Waals surface area contributed by atoms with Crippen LogP contribution < -0.4 is 14.8 Å². The van der Waals surface area contributed by atoms with Gasteiger partial charge >= 0.3 is 0 Å². The number of nitriles is 1. The number of sulfone groups is 1. The molecule has 0 aliphatic heterocycles. The van der Waals surface area contributed by atoms with Gasteiger partial charge in [0.15, 0.2) is 0 Å². The summed E-state index contributed by atoms with van der Waals surface area (Å²) in [5.74, 6) is 0.420. The molecule has 0 fully saturated rings. The number of hydrogen-bond acceptors (Lipinski definition) is 9. The SMILES string of the molecule is CCc1ccc(OCCOc2ccc(/C=C(/C#N)C(=O)Nc3nc(S(C)(=O)=O)ns3)cc2Cl)cc1. The largest absolute Gasteiger partial charge is 0.490 e. The fourth-order valence-corrected chi connectivity index (χ4v) is 4.43. The van der Waals surface area contributed by atoms with Crippen molar-refractivity contribution in [2.24, 2.45) is 0 Å². The summed E-state index contributed by atoms with van der Waals surface area (Å²) < 4.78 is 37.9. The van der Waals surface area contributed by atoms with Crippen LogP contribution >= 0.6 is 23.1 Å². The van der Waals surface area contributed by atoms with E-state index >= 15 is 0 Å². The third-order valence-electron chi connectivity index (χ3n) is 4.53. The standard InChI is InChI=1S/C23H21ClN4O5S2/c1-3-15-4-7-18(8-5-15)32-10-11-33-20-9-6-16(13-19(20)24)12-17(14-25)21(29)26-22-27-23(28-34-22)35(2,30)31/h4-9,12-13H,3,10-11H2,1-2H3,(H,26,27,28,29)/b17-12-. The average Bonchev–Trinajstić information content (AvgIpc) is 3.31. The summed E-state index contributed by atoms with van der Waals surface area (Å²) in [7, 11) is -3.60. The van der Waals surface area contributed by atoms with E-state index in [4.69, 9.17) is 21.1 Å². The highest BCUT2D eigenvalue weighted by molar-refractivity contribution is 7.90. The highest BCUT2D eigenvalue weighted by atomic mass is 35.5. The lowest BCUT2D eigenvalue weighted by molar-refractivity contribution is -0.112. The van der Waals surface area contributed by atoms with E-state index in [1.54, 1.807) is 24.3 Å². The van der Waals surface area contributed by atoms with E-state index in [9.17, 15) is 18.5 Å². The Kier molecular flexibility index (Phi) is 8.81. The van der Waals surface area contributed by atoms with Gasteiger partial charge in [0.2, 0.25) is 15.0 Å². The molecular weight excluding hydrogens is 512 g/mol. The summed E-state index contributed by atoms with van der Waals surface area (Å²) in [6.07, 6.45) is 3.26. The van der Waals surface area contributed by atoms with Crippen molar-refractivity contribution < 1.29 is 22.7 Å². The lowest BCUT2D eigenvalue weighted by atomic mass is 10.1. The number of aryl methyl sites for hydroxylation is 1. The predicted octanol–water partition coefficient (Wildman–Crippen LogP) is 4.16. The predicted molar refractivity (Wildman–Crippen MR) is 134 cm³/mol. The number of nitrogens with zero attached hydrogens (tertiary/aromatic N) is 3. The van der Waals surface area contributed by atoms with Crippen molar-refractivity contribution in [1.82, 2.24) is 9.36 Å². The van der Waals surface area contributed by atoms with Crippen LogP contribution in [0.25, 0.3) is 6.08 Å². The molecule has 0 atom stereocenters. The number of benzene rings is 2. The first-order valence-electron chi connectivity index (χ1n) is 10.3. The maximum absolute atomic E-state index is 12.4. The van der Waals surface area contributed by atoms with Crippen molar-refractivity contribution in [1.29, 1.82) is 5.26 Å². The zero-order valence-electron chi connectivity index (χ0n) is 18.8. The molecule has 0 aliphatic rings. The number of carbonyl (C=O) groups excluding carboxylic acids is 1. The molecule has 182 valence electrons. The molecule has 0 bridgehead atoms. The van der Waals surface area contributed by atoms with Crippen LogP contribution in [-0.4, -0.2) is 43.2 Å². The van der Waals surface area contributed by atoms with Gasteiger partial charge in [-0.25, -0.2) is 8.42 Å². The number of nitrogens with one attached hydrogen (secondary N) is 1. The molecule has 0 saturated heterocycles. The van der Waals surface area contributed by atoms with Crippen LogP contribution in [0, 0.1) is 11.3 Å². The molecule has 0 aliphatic carbocycles. The Morgan fingerprint density at radius 3 is 2.51 bits per heavy atom. The van der Waals surface area contributed by atoms with Gasteiger partial charge in [0.25, 0.3) is 11.1 Å². The van der Waals surface area contributed by atoms with Gasteiger partial charge in [-0.3, -0.25) is 10.1 Å². The van der Waals surface area contributed by atoms with E-state index < -0.39 is 20.9 Å². The molecule has 3 rings (SSSR count). The van der Waals surface area contributed by atoms with Crippen molar-refractivity contribution in [3.63, 3.8) is 0 Å². The van der Waals surface area contributed by atoms with Gasteiger partial charge < -0.3 is 9.47 Å². The molecule has 35 heavy (non-hydrogen) atoms. The molecule has 3 aromatic rings. The first-order chi connectivity index (χ1) is 16.7. The van der Waals surface area contributed by atoms with Gasteiger partial charge in [0, 0.05) is 17.8 Å². The van der Waals surface area contributed by atoms with Gasteiger partial charge in [0.1, 0.15) is 36.4 Å². The molecule has 0 unspecified atom stereocenters. The van der Waals surface area contributed by atoms with Crippen LogP contribution in [0.5, 0.6) is 11.5 Å². The van der Waals surface area contributed by atoms with E-state index in [-0.39, 0.29) is 17.3 Å². The second-order valence-corrected chi connectivity index (χ2v) is 10.2. The van der Waals surface area contributed by atoms with Gasteiger partial charge in [-0.05, 0) is 47.9 Å². The minimum atomic E-state index is -3.60. The Hall–Kier alpha value is -3.46. The molecule has 1 heterocycles. The second kappa shape index (κ2) is 11.8. The van der Waals surface area contributed by atoms with Crippen LogP contribution in [0.4, 0.5) is 5.13 Å². The average molecular weight is 533 g/mol. The van der Waals surface area contributed by atoms with Crippen LogP contribution in [0.3, 0.4) is 0 Å². The molecular formula is C23H21ClN4O5S2. The van der Waals surface area contributed by atoms with Gasteiger partial charge in [-0.2, -0.15) is 14.6 Å². The number of hydrogen-bond donors (Lipinski definition) is 1. The normalized spacial score (nSPS) is 11.5. The van der Waals surface area contributed by atoms with E-state index in [0.717, 1.165) is 18.4 Å². The maximum atomic E-state index is 12.4. The molecule has 1 aromatic heterocycles. The Labute approximate surface area is 212 Å². The third kappa shape index (κ3) is 7.51. The highest BCUT2D eigenvalue weighted by Gasteiger charge is 2.17. The summed E-state index contributed by atoms with van der Waals surface area (Å²) >= 11 is 6.98. The lowest BCUT2D eigenvalue weighted by Gasteiger charge is -2.10. The van der Waals surface area contributed by atoms with E-state index in [1.165, 1.54) is 11.6 Å². The quantitative estimate of drug-likeness (QED) is 0.234.